The van der Waals surface area contributed by atoms with Crippen LogP contribution < -0.4 is 10.6 Å². The van der Waals surface area contributed by atoms with Gasteiger partial charge >= 0.3 is 6.09 Å². The van der Waals surface area contributed by atoms with Crippen molar-refractivity contribution in [3.63, 3.8) is 0 Å². The van der Waals surface area contributed by atoms with Gasteiger partial charge in [0.25, 0.3) is 5.91 Å². The lowest BCUT2D eigenvalue weighted by atomic mass is 9.97. The Morgan fingerprint density at radius 1 is 0.930 bits per heavy atom. The van der Waals surface area contributed by atoms with Crippen molar-refractivity contribution in [1.29, 1.82) is 0 Å². The van der Waals surface area contributed by atoms with Gasteiger partial charge in [-0.25, -0.2) is 4.79 Å². The number of aryl methyl sites for hydroxylation is 4. The molecule has 3 N–H and O–H groups in total. The van der Waals surface area contributed by atoms with Crippen LogP contribution in [0.25, 0.3) is 0 Å². The van der Waals surface area contributed by atoms with Crippen LogP contribution in [0.2, 0.25) is 0 Å². The third kappa shape index (κ3) is 8.37. The fourth-order valence-electron chi connectivity index (χ4n) is 5.38. The van der Waals surface area contributed by atoms with Crippen molar-refractivity contribution in [2.24, 2.45) is 0 Å². The number of aromatic hydroxyl groups is 1. The molecular weight excluding hydrogens is 542 g/mol. The van der Waals surface area contributed by atoms with Crippen LogP contribution in [-0.2, 0) is 20.7 Å². The Morgan fingerprint density at radius 2 is 1.51 bits per heavy atom. The number of phenolic OH excluding ortho intramolecular Hbond substituents is 1. The van der Waals surface area contributed by atoms with Crippen LogP contribution in [0.1, 0.15) is 73.0 Å². The predicted molar refractivity (Wildman–Crippen MR) is 168 cm³/mol. The summed E-state index contributed by atoms with van der Waals surface area (Å²) in [6.07, 6.45) is 0.937. The van der Waals surface area contributed by atoms with E-state index in [1.54, 1.807) is 49.9 Å². The molecule has 0 radical (unpaired) electrons. The number of amides is 3. The van der Waals surface area contributed by atoms with Crippen LogP contribution in [0.3, 0.4) is 0 Å². The highest BCUT2D eigenvalue weighted by Gasteiger charge is 2.44. The molecule has 43 heavy (non-hydrogen) atoms. The number of nitrogens with one attached hydrogen (secondary N) is 2. The van der Waals surface area contributed by atoms with Crippen molar-refractivity contribution in [3.05, 3.63) is 94.0 Å². The SMILES string of the molecule is Cc1cc(C)cc(C(C(=O)Nc2c(C)cccc2C)N(C(=O)C(Cc2ccc(O)cc2)NC(=O)OC(C)(C)C)C2CC2)c1. The van der Waals surface area contributed by atoms with Gasteiger partial charge in [0.15, 0.2) is 0 Å². The Bertz CT molecular complexity index is 1450. The summed E-state index contributed by atoms with van der Waals surface area (Å²) in [7, 11) is 0. The molecule has 0 aromatic heterocycles. The second-order valence-corrected chi connectivity index (χ2v) is 12.6. The van der Waals surface area contributed by atoms with E-state index in [4.69, 9.17) is 4.74 Å². The average molecular weight is 586 g/mol. The molecule has 0 bridgehead atoms. The highest BCUT2D eigenvalue weighted by molar-refractivity contribution is 6.00. The number of anilines is 1. The molecule has 2 atom stereocenters. The average Bonchev–Trinajstić information content (AvgIpc) is 3.73. The molecule has 0 aliphatic heterocycles. The van der Waals surface area contributed by atoms with E-state index in [1.165, 1.54) is 0 Å². The zero-order chi connectivity index (χ0) is 31.5. The number of alkyl carbamates (subject to hydrolysis) is 1. The summed E-state index contributed by atoms with van der Waals surface area (Å²) in [5, 5.41) is 15.7. The fourth-order valence-corrected chi connectivity index (χ4v) is 5.38. The molecule has 8 heteroatoms. The Morgan fingerprint density at radius 3 is 2.05 bits per heavy atom. The minimum absolute atomic E-state index is 0.101. The number of ether oxygens (including phenoxy) is 1. The molecule has 0 heterocycles. The molecule has 1 saturated carbocycles. The molecule has 3 aromatic carbocycles. The number of phenols is 1. The molecule has 8 nitrogen and oxygen atoms in total. The Labute approximate surface area is 254 Å². The summed E-state index contributed by atoms with van der Waals surface area (Å²) in [6.45, 7) is 13.1. The summed E-state index contributed by atoms with van der Waals surface area (Å²) in [6, 6.07) is 16.1. The van der Waals surface area contributed by atoms with E-state index in [9.17, 15) is 19.5 Å². The number of hydrogen-bond acceptors (Lipinski definition) is 5. The quantitative estimate of drug-likeness (QED) is 0.268. The monoisotopic (exact) mass is 585 g/mol. The van der Waals surface area contributed by atoms with E-state index >= 15 is 0 Å². The number of rotatable bonds is 9. The van der Waals surface area contributed by atoms with Crippen LogP contribution in [0.15, 0.2) is 60.7 Å². The van der Waals surface area contributed by atoms with E-state index in [-0.39, 0.29) is 30.0 Å². The largest absolute Gasteiger partial charge is 0.508 e. The zero-order valence-corrected chi connectivity index (χ0v) is 26.2. The number of nitrogens with zero attached hydrogens (tertiary/aromatic N) is 1. The molecule has 0 spiro atoms. The van der Waals surface area contributed by atoms with Gasteiger partial charge in [-0.3, -0.25) is 9.59 Å². The lowest BCUT2D eigenvalue weighted by Gasteiger charge is -2.35. The van der Waals surface area contributed by atoms with Crippen molar-refractivity contribution in [3.8, 4) is 5.75 Å². The number of para-hydroxylation sites is 1. The van der Waals surface area contributed by atoms with E-state index in [0.29, 0.717) is 5.56 Å². The van der Waals surface area contributed by atoms with Crippen LogP contribution in [0.5, 0.6) is 5.75 Å². The van der Waals surface area contributed by atoms with E-state index in [2.05, 4.69) is 10.6 Å². The maximum atomic E-state index is 14.6. The maximum Gasteiger partial charge on any atom is 0.408 e. The van der Waals surface area contributed by atoms with Crippen molar-refractivity contribution in [1.82, 2.24) is 10.2 Å². The zero-order valence-electron chi connectivity index (χ0n) is 26.2. The van der Waals surface area contributed by atoms with Crippen molar-refractivity contribution in [2.45, 2.75) is 91.5 Å². The van der Waals surface area contributed by atoms with Gasteiger partial charge in [-0.15, -0.1) is 0 Å². The number of carbonyl (C=O) groups is 3. The van der Waals surface area contributed by atoms with E-state index < -0.39 is 23.8 Å². The fraction of sp³-hybridized carbons (Fsp3) is 0.400. The van der Waals surface area contributed by atoms with Gasteiger partial charge in [-0.05, 0) is 95.7 Å². The van der Waals surface area contributed by atoms with Crippen molar-refractivity contribution in [2.75, 3.05) is 5.32 Å². The Hall–Kier alpha value is -4.33. The highest BCUT2D eigenvalue weighted by Crippen LogP contribution is 2.37. The summed E-state index contributed by atoms with van der Waals surface area (Å²) in [4.78, 5) is 43.5. The molecule has 0 saturated heterocycles. The highest BCUT2D eigenvalue weighted by atomic mass is 16.6. The van der Waals surface area contributed by atoms with Gasteiger partial charge in [-0.1, -0.05) is 59.7 Å². The predicted octanol–water partition coefficient (Wildman–Crippen LogP) is 6.43. The molecule has 4 rings (SSSR count). The molecule has 1 aliphatic rings. The first-order chi connectivity index (χ1) is 20.2. The Balaban J connectivity index is 1.77. The van der Waals surface area contributed by atoms with E-state index in [1.807, 2.05) is 64.1 Å². The topological polar surface area (TPSA) is 108 Å². The van der Waals surface area contributed by atoms with Crippen LogP contribution in [0.4, 0.5) is 10.5 Å². The van der Waals surface area contributed by atoms with Crippen LogP contribution in [0, 0.1) is 27.7 Å². The van der Waals surface area contributed by atoms with Gasteiger partial charge in [0.05, 0.1) is 0 Å². The third-order valence-corrected chi connectivity index (χ3v) is 7.38. The smallest absolute Gasteiger partial charge is 0.408 e. The maximum absolute atomic E-state index is 14.6. The summed E-state index contributed by atoms with van der Waals surface area (Å²) in [5.41, 5.74) is 5.22. The lowest BCUT2D eigenvalue weighted by Crippen LogP contribution is -2.54. The summed E-state index contributed by atoms with van der Waals surface area (Å²) < 4.78 is 5.52. The van der Waals surface area contributed by atoms with E-state index in [0.717, 1.165) is 46.3 Å². The molecule has 1 fully saturated rings. The first-order valence-electron chi connectivity index (χ1n) is 14.8. The normalized spacial score (nSPS) is 14.4. The van der Waals surface area contributed by atoms with Crippen molar-refractivity contribution < 1.29 is 24.2 Å². The second-order valence-electron chi connectivity index (χ2n) is 12.6. The standard InChI is InChI=1S/C35H43N3O5/c1-21-17-22(2)19-26(18-21)31(32(40)37-30-23(3)9-8-10-24(30)4)38(27-13-14-27)33(41)29(36-34(42)43-35(5,6)7)20-25-11-15-28(39)16-12-25/h8-12,15-19,27,29,31,39H,13-14,20H2,1-7H3,(H,36,42)(H,37,40). The molecule has 3 amide bonds. The third-order valence-electron chi connectivity index (χ3n) is 7.38. The number of carbonyl (C=O) groups excluding carboxylic acids is 3. The second kappa shape index (κ2) is 12.9. The van der Waals surface area contributed by atoms with Gasteiger partial charge in [0, 0.05) is 18.2 Å². The summed E-state index contributed by atoms with van der Waals surface area (Å²) >= 11 is 0. The minimum atomic E-state index is -1.01. The van der Waals surface area contributed by atoms with Crippen LogP contribution in [-0.4, -0.2) is 45.6 Å². The number of benzene rings is 3. The number of hydrogen-bond donors (Lipinski definition) is 3. The Kier molecular flexibility index (Phi) is 9.48. The van der Waals surface area contributed by atoms with Gasteiger partial charge in [0.2, 0.25) is 5.91 Å². The van der Waals surface area contributed by atoms with Gasteiger partial charge in [0.1, 0.15) is 23.4 Å². The first-order valence-corrected chi connectivity index (χ1v) is 14.8. The lowest BCUT2D eigenvalue weighted by molar-refractivity contribution is -0.141. The molecule has 228 valence electrons. The van der Waals surface area contributed by atoms with Crippen molar-refractivity contribution >= 4 is 23.6 Å². The molecule has 1 aliphatic carbocycles. The van der Waals surface area contributed by atoms with Gasteiger partial charge < -0.3 is 25.4 Å². The van der Waals surface area contributed by atoms with Gasteiger partial charge in [-0.2, -0.15) is 0 Å². The minimum Gasteiger partial charge on any atom is -0.508 e. The molecular formula is C35H43N3O5. The van der Waals surface area contributed by atoms with Crippen LogP contribution >= 0.6 is 0 Å². The molecule has 2 unspecified atom stereocenters. The molecule has 3 aromatic rings. The first kappa shape index (κ1) is 31.6. The summed E-state index contributed by atoms with van der Waals surface area (Å²) in [5.74, 6) is -0.588.